The summed E-state index contributed by atoms with van der Waals surface area (Å²) in [5.74, 6) is 0.127. The SMILES string of the molecule is O=C(c1ccc(-c2ccccc2)cc1)[C@@H]1CCCN(C(=O)CCCn2cncn2)C1. The Bertz CT molecular complexity index is 968. The van der Waals surface area contributed by atoms with Crippen LogP contribution in [-0.4, -0.2) is 44.4 Å². The molecule has 2 heterocycles. The normalized spacial score (nSPS) is 16.4. The van der Waals surface area contributed by atoms with E-state index in [-0.39, 0.29) is 17.6 Å². The number of aryl methyl sites for hydroxylation is 1. The van der Waals surface area contributed by atoms with E-state index in [9.17, 15) is 9.59 Å². The summed E-state index contributed by atoms with van der Waals surface area (Å²) in [5, 5.41) is 4.06. The molecule has 6 nitrogen and oxygen atoms in total. The Morgan fingerprint density at radius 1 is 1.00 bits per heavy atom. The molecule has 0 radical (unpaired) electrons. The number of carbonyl (C=O) groups excluding carboxylic acids is 2. The molecule has 154 valence electrons. The Morgan fingerprint density at radius 3 is 2.50 bits per heavy atom. The van der Waals surface area contributed by atoms with Gasteiger partial charge in [-0.25, -0.2) is 4.98 Å². The van der Waals surface area contributed by atoms with Crippen LogP contribution in [0.1, 0.15) is 36.0 Å². The van der Waals surface area contributed by atoms with Crippen LogP contribution in [0.2, 0.25) is 0 Å². The zero-order chi connectivity index (χ0) is 20.8. The Kier molecular flexibility index (Phi) is 6.32. The van der Waals surface area contributed by atoms with E-state index in [1.165, 1.54) is 6.33 Å². The topological polar surface area (TPSA) is 68.1 Å². The van der Waals surface area contributed by atoms with Crippen molar-refractivity contribution >= 4 is 11.7 Å². The first-order valence-corrected chi connectivity index (χ1v) is 10.5. The van der Waals surface area contributed by atoms with Gasteiger partial charge in [0, 0.05) is 37.5 Å². The highest BCUT2D eigenvalue weighted by molar-refractivity contribution is 5.98. The van der Waals surface area contributed by atoms with Crippen LogP contribution in [0.4, 0.5) is 0 Å². The second-order valence-corrected chi connectivity index (χ2v) is 7.75. The number of carbonyl (C=O) groups is 2. The van der Waals surface area contributed by atoms with E-state index in [0.717, 1.165) is 42.5 Å². The fourth-order valence-electron chi connectivity index (χ4n) is 4.01. The number of likely N-dealkylation sites (tertiary alicyclic amines) is 1. The standard InChI is InChI=1S/C24H26N4O2/c29-23(9-5-15-28-18-25-17-26-28)27-14-4-8-22(16-27)24(30)21-12-10-20(11-13-21)19-6-2-1-3-7-19/h1-3,6-7,10-13,17-18,22H,4-5,8-9,14-16H2/t22-/m1/s1. The third-order valence-corrected chi connectivity index (χ3v) is 5.67. The molecule has 2 aromatic carbocycles. The molecule has 6 heteroatoms. The molecule has 1 fully saturated rings. The van der Waals surface area contributed by atoms with Gasteiger partial charge in [0.15, 0.2) is 5.78 Å². The van der Waals surface area contributed by atoms with Gasteiger partial charge in [0.1, 0.15) is 12.7 Å². The maximum Gasteiger partial charge on any atom is 0.222 e. The van der Waals surface area contributed by atoms with Crippen LogP contribution in [0.15, 0.2) is 67.3 Å². The molecule has 1 aromatic heterocycles. The van der Waals surface area contributed by atoms with Gasteiger partial charge in [-0.15, -0.1) is 0 Å². The number of rotatable bonds is 7. The van der Waals surface area contributed by atoms with Crippen LogP contribution in [0.5, 0.6) is 0 Å². The van der Waals surface area contributed by atoms with Crippen LogP contribution in [0, 0.1) is 5.92 Å². The highest BCUT2D eigenvalue weighted by atomic mass is 16.2. The zero-order valence-electron chi connectivity index (χ0n) is 17.0. The molecule has 0 N–H and O–H groups in total. The molecule has 1 aliphatic heterocycles. The van der Waals surface area contributed by atoms with Crippen LogP contribution in [0.3, 0.4) is 0 Å². The quantitative estimate of drug-likeness (QED) is 0.563. The Balaban J connectivity index is 1.33. The summed E-state index contributed by atoms with van der Waals surface area (Å²) < 4.78 is 1.73. The second-order valence-electron chi connectivity index (χ2n) is 7.75. The summed E-state index contributed by atoms with van der Waals surface area (Å²) in [4.78, 5) is 31.4. The third-order valence-electron chi connectivity index (χ3n) is 5.67. The summed E-state index contributed by atoms with van der Waals surface area (Å²) in [5.41, 5.74) is 2.96. The largest absolute Gasteiger partial charge is 0.342 e. The molecule has 1 saturated heterocycles. The van der Waals surface area contributed by atoms with Crippen molar-refractivity contribution in [2.45, 2.75) is 32.2 Å². The van der Waals surface area contributed by atoms with Crippen molar-refractivity contribution in [2.24, 2.45) is 5.92 Å². The lowest BCUT2D eigenvalue weighted by Crippen LogP contribution is -2.42. The first kappa shape index (κ1) is 20.0. The van der Waals surface area contributed by atoms with Crippen molar-refractivity contribution in [3.8, 4) is 11.1 Å². The number of amides is 1. The van der Waals surface area contributed by atoms with E-state index in [4.69, 9.17) is 0 Å². The average Bonchev–Trinajstić information content (AvgIpc) is 3.33. The minimum absolute atomic E-state index is 0.118. The number of ketones is 1. The molecule has 0 spiro atoms. The Labute approximate surface area is 176 Å². The van der Waals surface area contributed by atoms with Crippen molar-refractivity contribution in [2.75, 3.05) is 13.1 Å². The fourth-order valence-corrected chi connectivity index (χ4v) is 4.01. The molecule has 30 heavy (non-hydrogen) atoms. The van der Waals surface area contributed by atoms with Gasteiger partial charge in [-0.1, -0.05) is 54.6 Å². The van der Waals surface area contributed by atoms with E-state index < -0.39 is 0 Å². The zero-order valence-corrected chi connectivity index (χ0v) is 17.0. The summed E-state index contributed by atoms with van der Waals surface area (Å²) in [6, 6.07) is 17.9. The highest BCUT2D eigenvalue weighted by Crippen LogP contribution is 2.24. The van der Waals surface area contributed by atoms with Gasteiger partial charge in [0.2, 0.25) is 5.91 Å². The Morgan fingerprint density at radius 2 is 1.77 bits per heavy atom. The van der Waals surface area contributed by atoms with Crippen LogP contribution in [0.25, 0.3) is 11.1 Å². The molecule has 0 aliphatic carbocycles. The first-order chi connectivity index (χ1) is 14.7. The van der Waals surface area contributed by atoms with Gasteiger partial charge < -0.3 is 4.90 Å². The van der Waals surface area contributed by atoms with Crippen molar-refractivity contribution < 1.29 is 9.59 Å². The van der Waals surface area contributed by atoms with E-state index >= 15 is 0 Å². The molecule has 0 unspecified atom stereocenters. The maximum absolute atomic E-state index is 13.0. The van der Waals surface area contributed by atoms with Gasteiger partial charge in [-0.2, -0.15) is 5.10 Å². The number of benzene rings is 2. The second kappa shape index (κ2) is 9.48. The predicted molar refractivity (Wildman–Crippen MR) is 115 cm³/mol. The molecule has 1 aliphatic rings. The molecular formula is C24H26N4O2. The lowest BCUT2D eigenvalue weighted by Gasteiger charge is -2.32. The Hall–Kier alpha value is -3.28. The van der Waals surface area contributed by atoms with Crippen LogP contribution < -0.4 is 0 Å². The number of piperidine rings is 1. The molecule has 1 amide bonds. The average molecular weight is 402 g/mol. The summed E-state index contributed by atoms with van der Waals surface area (Å²) >= 11 is 0. The summed E-state index contributed by atoms with van der Waals surface area (Å²) in [6.45, 7) is 1.93. The van der Waals surface area contributed by atoms with Gasteiger partial charge in [0.25, 0.3) is 0 Å². The number of hydrogen-bond acceptors (Lipinski definition) is 4. The monoisotopic (exact) mass is 402 g/mol. The minimum atomic E-state index is -0.124. The lowest BCUT2D eigenvalue weighted by molar-refractivity contribution is -0.132. The van der Waals surface area contributed by atoms with Gasteiger partial charge >= 0.3 is 0 Å². The maximum atomic E-state index is 13.0. The van der Waals surface area contributed by atoms with E-state index in [1.54, 1.807) is 11.0 Å². The first-order valence-electron chi connectivity index (χ1n) is 10.5. The number of Topliss-reactive ketones (excluding diaryl/α,β-unsaturated/α-hetero) is 1. The molecule has 4 rings (SSSR count). The molecule has 3 aromatic rings. The molecular weight excluding hydrogens is 376 g/mol. The smallest absolute Gasteiger partial charge is 0.222 e. The minimum Gasteiger partial charge on any atom is -0.342 e. The van der Waals surface area contributed by atoms with Gasteiger partial charge in [0.05, 0.1) is 0 Å². The number of hydrogen-bond donors (Lipinski definition) is 0. The van der Waals surface area contributed by atoms with Crippen molar-refractivity contribution in [1.29, 1.82) is 0 Å². The van der Waals surface area contributed by atoms with Crippen molar-refractivity contribution in [3.05, 3.63) is 72.8 Å². The van der Waals surface area contributed by atoms with E-state index in [2.05, 4.69) is 22.2 Å². The molecule has 1 atom stereocenters. The summed E-state index contributed by atoms with van der Waals surface area (Å²) in [7, 11) is 0. The number of aromatic nitrogens is 3. The summed E-state index contributed by atoms with van der Waals surface area (Å²) in [6.07, 6.45) is 6.04. The third kappa shape index (κ3) is 4.82. The fraction of sp³-hybridized carbons (Fsp3) is 0.333. The molecule has 0 saturated carbocycles. The van der Waals surface area contributed by atoms with Crippen molar-refractivity contribution in [3.63, 3.8) is 0 Å². The van der Waals surface area contributed by atoms with E-state index in [1.807, 2.05) is 47.4 Å². The number of nitrogens with zero attached hydrogens (tertiary/aromatic N) is 4. The van der Waals surface area contributed by atoms with Crippen LogP contribution in [-0.2, 0) is 11.3 Å². The highest BCUT2D eigenvalue weighted by Gasteiger charge is 2.28. The molecule has 0 bridgehead atoms. The lowest BCUT2D eigenvalue weighted by atomic mass is 9.89. The van der Waals surface area contributed by atoms with E-state index in [0.29, 0.717) is 19.5 Å². The van der Waals surface area contributed by atoms with Crippen LogP contribution >= 0.6 is 0 Å². The van der Waals surface area contributed by atoms with Gasteiger partial charge in [-0.3, -0.25) is 14.3 Å². The van der Waals surface area contributed by atoms with Crippen molar-refractivity contribution in [1.82, 2.24) is 19.7 Å². The predicted octanol–water partition coefficient (Wildman–Crippen LogP) is 3.85. The van der Waals surface area contributed by atoms with Gasteiger partial charge in [-0.05, 0) is 30.4 Å².